The first-order valence-electron chi connectivity index (χ1n) is 7.52. The number of carbonyl (C=O) groups is 1. The van der Waals surface area contributed by atoms with E-state index in [0.717, 1.165) is 17.6 Å². The molecule has 5 nitrogen and oxygen atoms in total. The Labute approximate surface area is 142 Å². The van der Waals surface area contributed by atoms with Gasteiger partial charge in [0.25, 0.3) is 5.91 Å². The molecule has 0 aromatic heterocycles. The van der Waals surface area contributed by atoms with Gasteiger partial charge >= 0.3 is 0 Å². The van der Waals surface area contributed by atoms with Crippen LogP contribution in [0.1, 0.15) is 15.9 Å². The van der Waals surface area contributed by atoms with Gasteiger partial charge in [-0.3, -0.25) is 4.79 Å². The zero-order chi connectivity index (χ0) is 17.7. The lowest BCUT2D eigenvalue weighted by Gasteiger charge is -2.18. The van der Waals surface area contributed by atoms with Crippen LogP contribution < -0.4 is 4.74 Å². The van der Waals surface area contributed by atoms with E-state index in [0.29, 0.717) is 18.7 Å². The van der Waals surface area contributed by atoms with E-state index < -0.39 is 9.84 Å². The molecule has 128 valence electrons. The normalized spacial score (nSPS) is 11.1. The molecule has 0 saturated carbocycles. The second-order valence-corrected chi connectivity index (χ2v) is 7.70. The van der Waals surface area contributed by atoms with E-state index in [9.17, 15) is 13.2 Å². The minimum Gasteiger partial charge on any atom is -0.492 e. The molecule has 0 atom stereocenters. The van der Waals surface area contributed by atoms with Crippen molar-refractivity contribution in [3.8, 4) is 5.75 Å². The predicted octanol–water partition coefficient (Wildman–Crippen LogP) is 2.55. The molecule has 0 aliphatic heterocycles. The van der Waals surface area contributed by atoms with Crippen molar-refractivity contribution in [1.82, 2.24) is 4.90 Å². The van der Waals surface area contributed by atoms with Gasteiger partial charge in [0.15, 0.2) is 9.84 Å². The topological polar surface area (TPSA) is 63.7 Å². The SMILES string of the molecule is Cc1cccc(OCCN(C)C(=O)c2ccc(S(C)(=O)=O)cc2)c1. The van der Waals surface area contributed by atoms with Crippen LogP contribution in [0.4, 0.5) is 0 Å². The molecule has 2 aromatic carbocycles. The molecule has 0 aliphatic carbocycles. The van der Waals surface area contributed by atoms with E-state index in [1.165, 1.54) is 24.3 Å². The van der Waals surface area contributed by atoms with Crippen molar-refractivity contribution in [3.63, 3.8) is 0 Å². The molecular formula is C18H21NO4S. The Bertz CT molecular complexity index is 813. The van der Waals surface area contributed by atoms with Gasteiger partial charge in [-0.05, 0) is 48.9 Å². The number of amides is 1. The monoisotopic (exact) mass is 347 g/mol. The van der Waals surface area contributed by atoms with Crippen molar-refractivity contribution < 1.29 is 17.9 Å². The van der Waals surface area contributed by atoms with Crippen LogP contribution >= 0.6 is 0 Å². The molecule has 0 unspecified atom stereocenters. The molecule has 0 saturated heterocycles. The van der Waals surface area contributed by atoms with E-state index in [2.05, 4.69) is 0 Å². The number of aryl methyl sites for hydroxylation is 1. The summed E-state index contributed by atoms with van der Waals surface area (Å²) in [6.45, 7) is 2.80. The summed E-state index contributed by atoms with van der Waals surface area (Å²) in [6, 6.07) is 13.7. The van der Waals surface area contributed by atoms with Crippen molar-refractivity contribution in [2.24, 2.45) is 0 Å². The van der Waals surface area contributed by atoms with Crippen LogP contribution in [0.3, 0.4) is 0 Å². The highest BCUT2D eigenvalue weighted by Gasteiger charge is 2.13. The van der Waals surface area contributed by atoms with Crippen LogP contribution in [0.5, 0.6) is 5.75 Å². The average Bonchev–Trinajstić information content (AvgIpc) is 2.53. The molecule has 0 aliphatic rings. The second-order valence-electron chi connectivity index (χ2n) is 5.69. The highest BCUT2D eigenvalue weighted by atomic mass is 32.2. The Hall–Kier alpha value is -2.34. The summed E-state index contributed by atoms with van der Waals surface area (Å²) in [6.07, 6.45) is 1.14. The van der Waals surface area contributed by atoms with Gasteiger partial charge in [0, 0.05) is 18.9 Å². The largest absolute Gasteiger partial charge is 0.492 e. The van der Waals surface area contributed by atoms with E-state index >= 15 is 0 Å². The van der Waals surface area contributed by atoms with Gasteiger partial charge in [0.2, 0.25) is 0 Å². The fourth-order valence-corrected chi connectivity index (χ4v) is 2.80. The number of nitrogens with zero attached hydrogens (tertiary/aromatic N) is 1. The Morgan fingerprint density at radius 1 is 1.12 bits per heavy atom. The van der Waals surface area contributed by atoms with Crippen LogP contribution in [0, 0.1) is 6.92 Å². The van der Waals surface area contributed by atoms with Gasteiger partial charge in [0.1, 0.15) is 12.4 Å². The summed E-state index contributed by atoms with van der Waals surface area (Å²) in [5, 5.41) is 0. The van der Waals surface area contributed by atoms with Crippen molar-refractivity contribution in [3.05, 3.63) is 59.7 Å². The van der Waals surface area contributed by atoms with E-state index in [-0.39, 0.29) is 10.8 Å². The Morgan fingerprint density at radius 3 is 2.38 bits per heavy atom. The summed E-state index contributed by atoms with van der Waals surface area (Å²) in [5.41, 5.74) is 1.56. The molecule has 24 heavy (non-hydrogen) atoms. The third-order valence-electron chi connectivity index (χ3n) is 3.56. The van der Waals surface area contributed by atoms with Crippen LogP contribution in [0.15, 0.2) is 53.4 Å². The van der Waals surface area contributed by atoms with E-state index in [1.807, 2.05) is 31.2 Å². The summed E-state index contributed by atoms with van der Waals surface area (Å²) >= 11 is 0. The molecule has 0 spiro atoms. The lowest BCUT2D eigenvalue weighted by Crippen LogP contribution is -2.30. The lowest BCUT2D eigenvalue weighted by atomic mass is 10.2. The standard InChI is InChI=1S/C18H21NO4S/c1-14-5-4-6-16(13-14)23-12-11-19(2)18(20)15-7-9-17(10-8-15)24(3,21)22/h4-10,13H,11-12H2,1-3H3. The van der Waals surface area contributed by atoms with Crippen molar-refractivity contribution >= 4 is 15.7 Å². The zero-order valence-corrected chi connectivity index (χ0v) is 14.8. The Kier molecular flexibility index (Phi) is 5.62. The highest BCUT2D eigenvalue weighted by molar-refractivity contribution is 7.90. The minimum absolute atomic E-state index is 0.178. The smallest absolute Gasteiger partial charge is 0.253 e. The molecule has 0 bridgehead atoms. The van der Waals surface area contributed by atoms with Crippen molar-refractivity contribution in [1.29, 1.82) is 0 Å². The van der Waals surface area contributed by atoms with Crippen molar-refractivity contribution in [2.75, 3.05) is 26.5 Å². The van der Waals surface area contributed by atoms with Crippen LogP contribution in [0.2, 0.25) is 0 Å². The van der Waals surface area contributed by atoms with Gasteiger partial charge in [-0.15, -0.1) is 0 Å². The molecule has 1 amide bonds. The maximum absolute atomic E-state index is 12.3. The molecule has 0 fully saturated rings. The van der Waals surface area contributed by atoms with Gasteiger partial charge in [-0.2, -0.15) is 0 Å². The number of rotatable bonds is 6. The third-order valence-corrected chi connectivity index (χ3v) is 4.69. The maximum Gasteiger partial charge on any atom is 0.253 e. The molecule has 6 heteroatoms. The van der Waals surface area contributed by atoms with Gasteiger partial charge < -0.3 is 9.64 Å². The molecule has 2 aromatic rings. The second kappa shape index (κ2) is 7.49. The summed E-state index contributed by atoms with van der Waals surface area (Å²) < 4.78 is 28.5. The Balaban J connectivity index is 1.92. The fraction of sp³-hybridized carbons (Fsp3) is 0.278. The molecule has 0 N–H and O–H groups in total. The quantitative estimate of drug-likeness (QED) is 0.806. The van der Waals surface area contributed by atoms with Gasteiger partial charge in [0.05, 0.1) is 11.4 Å². The van der Waals surface area contributed by atoms with E-state index in [4.69, 9.17) is 4.74 Å². The number of hydrogen-bond donors (Lipinski definition) is 0. The number of likely N-dealkylation sites (N-methyl/N-ethyl adjacent to an activating group) is 1. The van der Waals surface area contributed by atoms with Crippen molar-refractivity contribution in [2.45, 2.75) is 11.8 Å². The lowest BCUT2D eigenvalue weighted by molar-refractivity contribution is 0.0773. The highest BCUT2D eigenvalue weighted by Crippen LogP contribution is 2.13. The minimum atomic E-state index is -3.26. The fourth-order valence-electron chi connectivity index (χ4n) is 2.17. The van der Waals surface area contributed by atoms with Crippen LogP contribution in [-0.2, 0) is 9.84 Å². The summed E-state index contributed by atoms with van der Waals surface area (Å²) in [4.78, 5) is 14.1. The van der Waals surface area contributed by atoms with E-state index in [1.54, 1.807) is 11.9 Å². The molecule has 0 heterocycles. The zero-order valence-electron chi connectivity index (χ0n) is 14.0. The average molecular weight is 347 g/mol. The Morgan fingerprint density at radius 2 is 1.79 bits per heavy atom. The number of ether oxygens (including phenoxy) is 1. The summed E-state index contributed by atoms with van der Waals surface area (Å²) in [7, 11) is -1.57. The summed E-state index contributed by atoms with van der Waals surface area (Å²) in [5.74, 6) is 0.594. The van der Waals surface area contributed by atoms with Crippen LogP contribution in [0.25, 0.3) is 0 Å². The van der Waals surface area contributed by atoms with Gasteiger partial charge in [-0.25, -0.2) is 8.42 Å². The first kappa shape index (κ1) is 18.0. The molecule has 2 rings (SSSR count). The number of sulfone groups is 1. The maximum atomic E-state index is 12.3. The number of hydrogen-bond acceptors (Lipinski definition) is 4. The van der Waals surface area contributed by atoms with Gasteiger partial charge in [-0.1, -0.05) is 12.1 Å². The molecule has 0 radical (unpaired) electrons. The van der Waals surface area contributed by atoms with Crippen LogP contribution in [-0.4, -0.2) is 45.7 Å². The number of carbonyl (C=O) groups excluding carboxylic acids is 1. The first-order chi connectivity index (χ1) is 11.3. The number of benzene rings is 2. The third kappa shape index (κ3) is 4.83. The first-order valence-corrected chi connectivity index (χ1v) is 9.41. The predicted molar refractivity (Wildman–Crippen MR) is 93.2 cm³/mol. The molecular weight excluding hydrogens is 326 g/mol.